The van der Waals surface area contributed by atoms with E-state index >= 15 is 0 Å². The maximum atomic E-state index is 13.8. The zero-order chi connectivity index (χ0) is 29.7. The maximum Gasteiger partial charge on any atom is 0.310 e. The van der Waals surface area contributed by atoms with E-state index in [-0.39, 0.29) is 29.8 Å². The average Bonchev–Trinajstić information content (AvgIpc) is 3.41. The maximum absolute atomic E-state index is 13.8. The summed E-state index contributed by atoms with van der Waals surface area (Å²) in [6.07, 6.45) is 1.13. The number of benzene rings is 3. The minimum absolute atomic E-state index is 0.101. The highest BCUT2D eigenvalue weighted by molar-refractivity contribution is 6.76. The van der Waals surface area contributed by atoms with Crippen LogP contribution in [0.4, 0.5) is 0 Å². The van der Waals surface area contributed by atoms with Crippen LogP contribution in [0.3, 0.4) is 0 Å². The van der Waals surface area contributed by atoms with Gasteiger partial charge in [0.1, 0.15) is 17.9 Å². The van der Waals surface area contributed by atoms with Crippen molar-refractivity contribution in [1.29, 1.82) is 0 Å². The van der Waals surface area contributed by atoms with E-state index in [0.29, 0.717) is 48.3 Å². The van der Waals surface area contributed by atoms with Gasteiger partial charge in [0, 0.05) is 19.6 Å². The Morgan fingerprint density at radius 1 is 0.929 bits per heavy atom. The third-order valence-corrected chi connectivity index (χ3v) is 9.62. The molecule has 8 nitrogen and oxygen atoms in total. The van der Waals surface area contributed by atoms with Crippen molar-refractivity contribution in [1.82, 2.24) is 15.0 Å². The van der Waals surface area contributed by atoms with Crippen LogP contribution in [0.15, 0.2) is 83.7 Å². The van der Waals surface area contributed by atoms with Crippen molar-refractivity contribution in [3.05, 3.63) is 100 Å². The van der Waals surface area contributed by atoms with E-state index in [1.807, 2.05) is 36.4 Å². The highest BCUT2D eigenvalue weighted by Crippen LogP contribution is 2.41. The Balaban J connectivity index is 1.34. The monoisotopic (exact) mass is 583 g/mol. The predicted molar refractivity (Wildman–Crippen MR) is 164 cm³/mol. The second-order valence-corrected chi connectivity index (χ2v) is 17.8. The van der Waals surface area contributed by atoms with Gasteiger partial charge in [0.25, 0.3) is 5.56 Å². The van der Waals surface area contributed by atoms with E-state index in [1.54, 1.807) is 42.5 Å². The molecule has 42 heavy (non-hydrogen) atoms. The first-order valence-corrected chi connectivity index (χ1v) is 18.2. The van der Waals surface area contributed by atoms with Crippen molar-refractivity contribution in [3.8, 4) is 5.75 Å². The largest absolute Gasteiger partial charge is 0.489 e. The number of fused-ring (bicyclic) bond motifs is 1. The summed E-state index contributed by atoms with van der Waals surface area (Å²) in [5, 5.41) is 8.82. The average molecular weight is 584 g/mol. The number of hydrogen-bond donors (Lipinski definition) is 0. The quantitative estimate of drug-likeness (QED) is 0.125. The van der Waals surface area contributed by atoms with Gasteiger partial charge in [-0.1, -0.05) is 67.3 Å². The molecule has 9 heteroatoms. The van der Waals surface area contributed by atoms with Gasteiger partial charge in [0.05, 0.1) is 24.5 Å². The van der Waals surface area contributed by atoms with Crippen LogP contribution in [0.25, 0.3) is 10.9 Å². The first-order valence-electron chi connectivity index (χ1n) is 14.5. The molecule has 1 heterocycles. The lowest BCUT2D eigenvalue weighted by molar-refractivity contribution is -0.150. The molecule has 0 amide bonds. The Hall–Kier alpha value is -4.11. The van der Waals surface area contributed by atoms with Crippen molar-refractivity contribution < 1.29 is 19.1 Å². The second kappa shape index (κ2) is 12.8. The Labute approximate surface area is 246 Å². The fourth-order valence-corrected chi connectivity index (χ4v) is 6.24. The lowest BCUT2D eigenvalue weighted by atomic mass is 9.84. The molecular weight excluding hydrogens is 546 g/mol. The molecule has 3 atom stereocenters. The van der Waals surface area contributed by atoms with Crippen molar-refractivity contribution in [2.24, 2.45) is 17.8 Å². The molecule has 0 saturated heterocycles. The molecule has 0 spiro atoms. The predicted octanol–water partition coefficient (Wildman–Crippen LogP) is 5.78. The first kappa shape index (κ1) is 29.4. The molecule has 1 aromatic heterocycles. The van der Waals surface area contributed by atoms with Gasteiger partial charge in [-0.05, 0) is 66.8 Å². The van der Waals surface area contributed by atoms with Gasteiger partial charge in [-0.25, -0.2) is 4.68 Å². The Morgan fingerprint density at radius 2 is 1.64 bits per heavy atom. The van der Waals surface area contributed by atoms with Crippen LogP contribution in [0.2, 0.25) is 25.7 Å². The number of carbonyl (C=O) groups excluding carboxylic acids is 2. The lowest BCUT2D eigenvalue weighted by Crippen LogP contribution is -2.36. The van der Waals surface area contributed by atoms with Crippen molar-refractivity contribution >= 4 is 30.7 Å². The molecule has 1 fully saturated rings. The van der Waals surface area contributed by atoms with Crippen molar-refractivity contribution in [3.63, 3.8) is 0 Å². The Bertz CT molecular complexity index is 1600. The highest BCUT2D eigenvalue weighted by atomic mass is 28.3. The number of carbonyl (C=O) groups is 2. The molecule has 1 aliphatic rings. The number of hydrogen-bond acceptors (Lipinski definition) is 7. The summed E-state index contributed by atoms with van der Waals surface area (Å²) in [4.78, 5) is 40.5. The summed E-state index contributed by atoms with van der Waals surface area (Å²) in [5.41, 5.74) is 1.85. The number of ketones is 1. The van der Waals surface area contributed by atoms with E-state index in [1.165, 1.54) is 4.68 Å². The number of ether oxygens (including phenoxy) is 2. The molecule has 0 N–H and O–H groups in total. The van der Waals surface area contributed by atoms with Gasteiger partial charge in [0.2, 0.25) is 0 Å². The minimum atomic E-state index is -1.42. The Morgan fingerprint density at radius 3 is 2.38 bits per heavy atom. The summed E-state index contributed by atoms with van der Waals surface area (Å²) >= 11 is 0. The SMILES string of the molecule is C[Si](C)(C)CCOC(=O)[C@@H]1[C@@H](Cn2nnc3ccccc3c2=O)CC[C@H]1C(=O)c1ccc(OCc2ccccc2)cc1. The van der Waals surface area contributed by atoms with E-state index in [9.17, 15) is 14.4 Å². The van der Waals surface area contributed by atoms with Gasteiger partial charge in [-0.3, -0.25) is 14.4 Å². The van der Waals surface area contributed by atoms with Gasteiger partial charge in [-0.2, -0.15) is 0 Å². The fourth-order valence-electron chi connectivity index (χ4n) is 5.53. The molecule has 0 bridgehead atoms. The van der Waals surface area contributed by atoms with E-state index in [4.69, 9.17) is 9.47 Å². The third-order valence-electron chi connectivity index (χ3n) is 7.92. The highest BCUT2D eigenvalue weighted by Gasteiger charge is 2.46. The van der Waals surface area contributed by atoms with E-state index in [0.717, 1.165) is 11.6 Å². The molecule has 1 aliphatic carbocycles. The van der Waals surface area contributed by atoms with Crippen molar-refractivity contribution in [2.45, 2.75) is 51.7 Å². The number of rotatable bonds is 11. The van der Waals surface area contributed by atoms with Crippen LogP contribution in [0.5, 0.6) is 5.75 Å². The first-order chi connectivity index (χ1) is 20.2. The zero-order valence-electron chi connectivity index (χ0n) is 24.4. The summed E-state index contributed by atoms with van der Waals surface area (Å²) in [6, 6.07) is 24.9. The number of Topliss-reactive ketones (excluding diaryl/α,β-unsaturated/α-hetero) is 1. The molecule has 1 saturated carbocycles. The normalized spacial score (nSPS) is 18.6. The van der Waals surface area contributed by atoms with Crippen LogP contribution in [0.1, 0.15) is 28.8 Å². The van der Waals surface area contributed by atoms with E-state index in [2.05, 4.69) is 30.0 Å². The van der Waals surface area contributed by atoms with Crippen LogP contribution in [-0.2, 0) is 22.7 Å². The van der Waals surface area contributed by atoms with Crippen LogP contribution >= 0.6 is 0 Å². The topological polar surface area (TPSA) is 100 Å². The molecule has 0 radical (unpaired) electrons. The standard InChI is InChI=1S/C33H37N3O5Si/c1-42(2,3)20-19-40-33(39)30-25(21-36-32(38)27-11-7-8-12-29(27)34-35-36)15-18-28(30)31(37)24-13-16-26(17-14-24)41-22-23-9-5-4-6-10-23/h4-14,16-17,25,28,30H,15,18-22H2,1-3H3/t25-,28-,30-/m1/s1. The fraction of sp³-hybridized carbons (Fsp3) is 0.364. The van der Waals surface area contributed by atoms with Gasteiger partial charge >= 0.3 is 5.97 Å². The molecular formula is C33H37N3O5Si. The summed E-state index contributed by atoms with van der Waals surface area (Å²) in [5.74, 6) is -1.31. The number of esters is 1. The summed E-state index contributed by atoms with van der Waals surface area (Å²) in [6.45, 7) is 7.64. The van der Waals surface area contributed by atoms with Crippen LogP contribution < -0.4 is 10.3 Å². The minimum Gasteiger partial charge on any atom is -0.489 e. The third kappa shape index (κ3) is 7.02. The zero-order valence-corrected chi connectivity index (χ0v) is 25.4. The summed E-state index contributed by atoms with van der Waals surface area (Å²) in [7, 11) is -1.42. The number of aromatic nitrogens is 3. The lowest BCUT2D eigenvalue weighted by Gasteiger charge is -2.24. The summed E-state index contributed by atoms with van der Waals surface area (Å²) < 4.78 is 13.0. The molecule has 218 valence electrons. The van der Waals surface area contributed by atoms with Gasteiger partial charge < -0.3 is 9.47 Å². The molecule has 5 rings (SSSR count). The molecule has 4 aromatic rings. The second-order valence-electron chi connectivity index (χ2n) is 12.2. The van der Waals surface area contributed by atoms with Crippen LogP contribution in [-0.4, -0.2) is 41.4 Å². The van der Waals surface area contributed by atoms with Crippen LogP contribution in [0, 0.1) is 17.8 Å². The molecule has 0 aliphatic heterocycles. The Kier molecular flexibility index (Phi) is 8.96. The van der Waals surface area contributed by atoms with Gasteiger partial charge in [0.15, 0.2) is 5.78 Å². The van der Waals surface area contributed by atoms with Gasteiger partial charge in [-0.15, -0.1) is 5.10 Å². The van der Waals surface area contributed by atoms with E-state index < -0.39 is 19.9 Å². The molecule has 3 aromatic carbocycles. The smallest absolute Gasteiger partial charge is 0.310 e. The molecule has 0 unspecified atom stereocenters. The number of nitrogens with zero attached hydrogens (tertiary/aromatic N) is 3. The van der Waals surface area contributed by atoms with Crippen molar-refractivity contribution in [2.75, 3.05) is 6.61 Å².